The molecule has 0 saturated carbocycles. The third-order valence-electron chi connectivity index (χ3n) is 3.80. The number of amides is 1. The molecule has 1 aromatic heterocycles. The van der Waals surface area contributed by atoms with Gasteiger partial charge < -0.3 is 19.7 Å². The molecule has 0 aliphatic heterocycles. The fourth-order valence-electron chi connectivity index (χ4n) is 2.50. The summed E-state index contributed by atoms with van der Waals surface area (Å²) in [7, 11) is 1.27. The van der Waals surface area contributed by atoms with E-state index in [0.717, 1.165) is 5.56 Å². The van der Waals surface area contributed by atoms with Crippen LogP contribution < -0.4 is 10.6 Å². The van der Waals surface area contributed by atoms with Gasteiger partial charge in [0.15, 0.2) is 11.4 Å². The molecule has 2 aromatic carbocycles. The molecule has 0 fully saturated rings. The molecule has 26 heavy (non-hydrogen) atoms. The van der Waals surface area contributed by atoms with Crippen molar-refractivity contribution in [3.05, 3.63) is 54.1 Å². The topological polar surface area (TPSA) is 114 Å². The van der Waals surface area contributed by atoms with Crippen LogP contribution in [0.25, 0.3) is 11.0 Å². The van der Waals surface area contributed by atoms with Gasteiger partial charge in [0.1, 0.15) is 6.04 Å². The minimum Gasteiger partial charge on any atom is -0.480 e. The number of fused-ring (bicyclic) bond motifs is 1. The third kappa shape index (κ3) is 3.92. The van der Waals surface area contributed by atoms with E-state index in [2.05, 4.69) is 20.5 Å². The molecule has 8 nitrogen and oxygen atoms in total. The second-order valence-corrected chi connectivity index (χ2v) is 5.58. The SMILES string of the molecule is COC(=O)Nc1ccc2c(N[C@@H](Cc3ccccc3)C(=O)O)noc2c1. The Morgan fingerprint density at radius 1 is 1.23 bits per heavy atom. The molecule has 1 atom stereocenters. The highest BCUT2D eigenvalue weighted by Gasteiger charge is 2.21. The molecule has 0 unspecified atom stereocenters. The maximum Gasteiger partial charge on any atom is 0.411 e. The van der Waals surface area contributed by atoms with E-state index < -0.39 is 18.1 Å². The predicted molar refractivity (Wildman–Crippen MR) is 95.2 cm³/mol. The fraction of sp³-hybridized carbons (Fsp3) is 0.167. The molecule has 3 aromatic rings. The number of carbonyl (C=O) groups excluding carboxylic acids is 1. The van der Waals surface area contributed by atoms with Gasteiger partial charge in [-0.15, -0.1) is 0 Å². The van der Waals surface area contributed by atoms with Crippen LogP contribution in [0.5, 0.6) is 0 Å². The number of rotatable bonds is 6. The van der Waals surface area contributed by atoms with Gasteiger partial charge in [0.2, 0.25) is 0 Å². The molecule has 8 heteroatoms. The Kier molecular flexibility index (Phi) is 5.02. The van der Waals surface area contributed by atoms with Gasteiger partial charge in [0.05, 0.1) is 12.5 Å². The van der Waals surface area contributed by atoms with E-state index in [1.54, 1.807) is 18.2 Å². The molecule has 0 bridgehead atoms. The monoisotopic (exact) mass is 355 g/mol. The van der Waals surface area contributed by atoms with Crippen LogP contribution >= 0.6 is 0 Å². The lowest BCUT2D eigenvalue weighted by molar-refractivity contribution is -0.137. The Hall–Kier alpha value is -3.55. The molecule has 134 valence electrons. The molecule has 0 saturated heterocycles. The van der Waals surface area contributed by atoms with E-state index in [9.17, 15) is 14.7 Å². The van der Waals surface area contributed by atoms with Crippen molar-refractivity contribution in [3.63, 3.8) is 0 Å². The highest BCUT2D eigenvalue weighted by molar-refractivity contribution is 5.94. The number of benzene rings is 2. The summed E-state index contributed by atoms with van der Waals surface area (Å²) in [4.78, 5) is 22.9. The number of hydrogen-bond donors (Lipinski definition) is 3. The standard InChI is InChI=1S/C18H17N3O5/c1-25-18(24)19-12-7-8-13-15(10-12)26-21-16(13)20-14(17(22)23)9-11-5-3-2-4-6-11/h2-8,10,14H,9H2,1H3,(H,19,24)(H,20,21)(H,22,23)/t14-/m0/s1. The molecule has 1 heterocycles. The lowest BCUT2D eigenvalue weighted by atomic mass is 10.1. The predicted octanol–water partition coefficient (Wildman–Crippen LogP) is 3.11. The van der Waals surface area contributed by atoms with Crippen LogP contribution in [0.3, 0.4) is 0 Å². The number of nitrogens with one attached hydrogen (secondary N) is 2. The van der Waals surface area contributed by atoms with Crippen LogP contribution in [0.1, 0.15) is 5.56 Å². The summed E-state index contributed by atoms with van der Waals surface area (Å²) in [6, 6.07) is 13.4. The van der Waals surface area contributed by atoms with Crippen LogP contribution in [-0.4, -0.2) is 35.5 Å². The second-order valence-electron chi connectivity index (χ2n) is 5.58. The van der Waals surface area contributed by atoms with Crippen molar-refractivity contribution in [2.75, 3.05) is 17.7 Å². The molecule has 0 aliphatic rings. The average molecular weight is 355 g/mol. The van der Waals surface area contributed by atoms with Gasteiger partial charge in [-0.1, -0.05) is 35.5 Å². The summed E-state index contributed by atoms with van der Waals surface area (Å²) in [6.45, 7) is 0. The smallest absolute Gasteiger partial charge is 0.411 e. The average Bonchev–Trinajstić information content (AvgIpc) is 3.04. The fourth-order valence-corrected chi connectivity index (χ4v) is 2.50. The van der Waals surface area contributed by atoms with E-state index >= 15 is 0 Å². The molecule has 3 N–H and O–H groups in total. The Morgan fingerprint density at radius 2 is 2.00 bits per heavy atom. The van der Waals surface area contributed by atoms with E-state index in [4.69, 9.17) is 4.52 Å². The molecule has 0 radical (unpaired) electrons. The van der Waals surface area contributed by atoms with Crippen molar-refractivity contribution >= 4 is 34.5 Å². The van der Waals surface area contributed by atoms with E-state index in [0.29, 0.717) is 28.9 Å². The summed E-state index contributed by atoms with van der Waals surface area (Å²) in [5, 5.41) is 19.4. The molecule has 3 rings (SSSR count). The zero-order valence-corrected chi connectivity index (χ0v) is 13.9. The van der Waals surface area contributed by atoms with E-state index in [-0.39, 0.29) is 0 Å². The highest BCUT2D eigenvalue weighted by Crippen LogP contribution is 2.26. The first-order valence-electron chi connectivity index (χ1n) is 7.84. The number of ether oxygens (including phenoxy) is 1. The van der Waals surface area contributed by atoms with Gasteiger partial charge in [0.25, 0.3) is 0 Å². The van der Waals surface area contributed by atoms with Gasteiger partial charge in [-0.3, -0.25) is 5.32 Å². The number of methoxy groups -OCH3 is 1. The van der Waals surface area contributed by atoms with Gasteiger partial charge >= 0.3 is 12.1 Å². The number of carbonyl (C=O) groups is 2. The third-order valence-corrected chi connectivity index (χ3v) is 3.80. The number of carboxylic acids is 1. The Morgan fingerprint density at radius 3 is 2.69 bits per heavy atom. The van der Waals surface area contributed by atoms with Gasteiger partial charge in [-0.2, -0.15) is 0 Å². The minimum absolute atomic E-state index is 0.298. The second kappa shape index (κ2) is 7.56. The van der Waals surface area contributed by atoms with Gasteiger partial charge in [0, 0.05) is 18.2 Å². The van der Waals surface area contributed by atoms with Crippen molar-refractivity contribution in [2.45, 2.75) is 12.5 Å². The molecular formula is C18H17N3O5. The summed E-state index contributed by atoms with van der Waals surface area (Å²) >= 11 is 0. The van der Waals surface area contributed by atoms with Crippen LogP contribution in [0.15, 0.2) is 53.1 Å². The lowest BCUT2D eigenvalue weighted by Gasteiger charge is -2.14. The van der Waals surface area contributed by atoms with Crippen molar-refractivity contribution in [3.8, 4) is 0 Å². The van der Waals surface area contributed by atoms with Gasteiger partial charge in [-0.05, 0) is 17.7 Å². The van der Waals surface area contributed by atoms with Crippen LogP contribution in [-0.2, 0) is 16.0 Å². The number of carboxylic acid groups (broad SMARTS) is 1. The zero-order valence-electron chi connectivity index (χ0n) is 13.9. The quantitative estimate of drug-likeness (QED) is 0.622. The normalized spacial score (nSPS) is 11.7. The first-order chi connectivity index (χ1) is 12.6. The first kappa shape index (κ1) is 17.3. The molecular weight excluding hydrogens is 338 g/mol. The Labute approximate surface area is 148 Å². The lowest BCUT2D eigenvalue weighted by Crippen LogP contribution is -2.31. The number of anilines is 2. The van der Waals surface area contributed by atoms with Crippen LogP contribution in [0.4, 0.5) is 16.3 Å². The number of nitrogens with zero attached hydrogens (tertiary/aromatic N) is 1. The zero-order chi connectivity index (χ0) is 18.5. The number of hydrogen-bond acceptors (Lipinski definition) is 6. The Bertz CT molecular complexity index is 923. The van der Waals surface area contributed by atoms with Crippen molar-refractivity contribution in [2.24, 2.45) is 0 Å². The van der Waals surface area contributed by atoms with E-state index in [1.165, 1.54) is 7.11 Å². The highest BCUT2D eigenvalue weighted by atomic mass is 16.5. The summed E-state index contributed by atoms with van der Waals surface area (Å²) < 4.78 is 9.77. The number of aliphatic carboxylic acids is 1. The summed E-state index contributed by atoms with van der Waals surface area (Å²) in [6.07, 6.45) is -0.303. The van der Waals surface area contributed by atoms with E-state index in [1.807, 2.05) is 30.3 Å². The van der Waals surface area contributed by atoms with Crippen molar-refractivity contribution < 1.29 is 24.0 Å². The maximum absolute atomic E-state index is 11.6. The van der Waals surface area contributed by atoms with Crippen LogP contribution in [0, 0.1) is 0 Å². The van der Waals surface area contributed by atoms with Crippen molar-refractivity contribution in [1.29, 1.82) is 0 Å². The molecule has 0 aliphatic carbocycles. The number of aromatic nitrogens is 1. The van der Waals surface area contributed by atoms with Crippen LogP contribution in [0.2, 0.25) is 0 Å². The molecule has 0 spiro atoms. The minimum atomic E-state index is -0.992. The Balaban J connectivity index is 1.80. The molecule has 1 amide bonds. The first-order valence-corrected chi connectivity index (χ1v) is 7.84. The summed E-state index contributed by atoms with van der Waals surface area (Å²) in [5.41, 5.74) is 1.78. The maximum atomic E-state index is 11.6. The summed E-state index contributed by atoms with van der Waals surface area (Å²) in [5.74, 6) is -0.665. The largest absolute Gasteiger partial charge is 0.480 e. The van der Waals surface area contributed by atoms with Gasteiger partial charge in [-0.25, -0.2) is 9.59 Å². The van der Waals surface area contributed by atoms with Crippen molar-refractivity contribution in [1.82, 2.24) is 5.16 Å².